The lowest BCUT2D eigenvalue weighted by atomic mass is 10.0. The first-order chi connectivity index (χ1) is 20.8. The van der Waals surface area contributed by atoms with E-state index in [9.17, 15) is 13.2 Å². The van der Waals surface area contributed by atoms with E-state index >= 15 is 0 Å². The van der Waals surface area contributed by atoms with Gasteiger partial charge < -0.3 is 15.5 Å². The van der Waals surface area contributed by atoms with E-state index in [0.29, 0.717) is 5.56 Å². The third-order valence-electron chi connectivity index (χ3n) is 8.12. The van der Waals surface area contributed by atoms with Gasteiger partial charge in [0.2, 0.25) is 0 Å². The summed E-state index contributed by atoms with van der Waals surface area (Å²) in [5, 5.41) is 6.37. The van der Waals surface area contributed by atoms with Gasteiger partial charge in [0.15, 0.2) is 0 Å². The molecule has 0 saturated carbocycles. The Labute approximate surface area is 260 Å². The van der Waals surface area contributed by atoms with Crippen molar-refractivity contribution in [2.75, 3.05) is 37.6 Å². The van der Waals surface area contributed by atoms with Gasteiger partial charge in [0, 0.05) is 38.9 Å². The smallest absolute Gasteiger partial charge is 0.297 e. The van der Waals surface area contributed by atoms with E-state index in [1.54, 1.807) is 30.5 Å². The molecule has 1 atom stereocenters. The molecule has 9 heteroatoms. The summed E-state index contributed by atoms with van der Waals surface area (Å²) in [6.45, 7) is 8.34. The van der Waals surface area contributed by atoms with Gasteiger partial charge in [-0.2, -0.15) is 8.42 Å². The van der Waals surface area contributed by atoms with E-state index in [4.69, 9.17) is 4.18 Å². The van der Waals surface area contributed by atoms with Crippen LogP contribution in [0, 0.1) is 6.92 Å². The summed E-state index contributed by atoms with van der Waals surface area (Å²) in [5.74, 6) is 0.907. The molecule has 1 aliphatic rings. The average molecular weight is 615 g/mol. The van der Waals surface area contributed by atoms with Gasteiger partial charge in [0.25, 0.3) is 16.0 Å². The molecule has 0 radical (unpaired) electrons. The zero-order valence-electron chi connectivity index (χ0n) is 26.5. The van der Waals surface area contributed by atoms with E-state index in [2.05, 4.69) is 20.5 Å². The maximum atomic E-state index is 12.4. The molecule has 1 aromatic carbocycles. The van der Waals surface area contributed by atoms with Crippen molar-refractivity contribution < 1.29 is 17.4 Å². The summed E-state index contributed by atoms with van der Waals surface area (Å²) in [7, 11) is -3.68. The van der Waals surface area contributed by atoms with E-state index in [1.165, 1.54) is 57.8 Å². The zero-order chi connectivity index (χ0) is 30.8. The van der Waals surface area contributed by atoms with Crippen LogP contribution >= 0.6 is 0 Å². The van der Waals surface area contributed by atoms with Crippen LogP contribution in [0.1, 0.15) is 113 Å². The van der Waals surface area contributed by atoms with E-state index in [-0.39, 0.29) is 16.9 Å². The molecule has 1 aromatic heterocycles. The van der Waals surface area contributed by atoms with Gasteiger partial charge in [-0.05, 0) is 51.0 Å². The van der Waals surface area contributed by atoms with Crippen molar-refractivity contribution in [3.63, 3.8) is 0 Å². The van der Waals surface area contributed by atoms with Crippen molar-refractivity contribution in [2.24, 2.45) is 0 Å². The molecule has 8 nitrogen and oxygen atoms in total. The highest BCUT2D eigenvalue weighted by atomic mass is 32.2. The zero-order valence-corrected chi connectivity index (χ0v) is 27.3. The van der Waals surface area contributed by atoms with Crippen LogP contribution in [0.2, 0.25) is 0 Å². The molecular weight excluding hydrogens is 560 g/mol. The number of aryl methyl sites for hydroxylation is 1. The van der Waals surface area contributed by atoms with Crippen LogP contribution < -0.4 is 15.5 Å². The third kappa shape index (κ3) is 13.8. The molecule has 2 aromatic rings. The summed E-state index contributed by atoms with van der Waals surface area (Å²) in [6.07, 6.45) is 17.9. The number of pyridine rings is 1. The van der Waals surface area contributed by atoms with E-state index in [0.717, 1.165) is 76.2 Å². The van der Waals surface area contributed by atoms with Crippen molar-refractivity contribution >= 4 is 21.8 Å². The van der Waals surface area contributed by atoms with Crippen molar-refractivity contribution in [2.45, 2.75) is 115 Å². The number of amides is 1. The molecule has 1 saturated heterocycles. The first-order valence-corrected chi connectivity index (χ1v) is 18.0. The molecular formula is C34H54N4O4S. The molecule has 43 heavy (non-hydrogen) atoms. The lowest BCUT2D eigenvalue weighted by Gasteiger charge is -2.28. The second-order valence-corrected chi connectivity index (χ2v) is 13.5. The number of unbranched alkanes of at least 4 members (excludes halogenated alkanes) is 12. The topological polar surface area (TPSA) is 101 Å². The summed E-state index contributed by atoms with van der Waals surface area (Å²) in [4.78, 5) is 19.4. The highest BCUT2D eigenvalue weighted by molar-refractivity contribution is 7.86. The number of nitrogens with one attached hydrogen (secondary N) is 2. The number of piperazine rings is 1. The number of anilines is 1. The fraction of sp³-hybridized carbons (Fsp3) is 0.647. The van der Waals surface area contributed by atoms with Crippen LogP contribution in [0.15, 0.2) is 47.5 Å². The van der Waals surface area contributed by atoms with Gasteiger partial charge in [-0.3, -0.25) is 8.98 Å². The van der Waals surface area contributed by atoms with Gasteiger partial charge in [-0.15, -0.1) is 0 Å². The number of hydrogen-bond acceptors (Lipinski definition) is 7. The molecule has 1 fully saturated rings. The van der Waals surface area contributed by atoms with Crippen LogP contribution in [0.3, 0.4) is 0 Å². The lowest BCUT2D eigenvalue weighted by molar-refractivity contribution is 0.0952. The SMILES string of the molecule is Cc1ccc(S(=O)(=O)OC(C)CCCCCCCCCCCCCCCNC(=O)c2ccc(N3CCNCC3)nc2)cc1. The quantitative estimate of drug-likeness (QED) is 0.118. The van der Waals surface area contributed by atoms with Crippen LogP contribution in [0.5, 0.6) is 0 Å². The number of nitrogens with zero attached hydrogens (tertiary/aromatic N) is 2. The number of carbonyl (C=O) groups excluding carboxylic acids is 1. The monoisotopic (exact) mass is 614 g/mol. The largest absolute Gasteiger partial charge is 0.354 e. The first-order valence-electron chi connectivity index (χ1n) is 16.5. The Morgan fingerprint density at radius 3 is 1.98 bits per heavy atom. The molecule has 1 unspecified atom stereocenters. The van der Waals surface area contributed by atoms with E-state index < -0.39 is 10.1 Å². The van der Waals surface area contributed by atoms with Gasteiger partial charge in [-0.25, -0.2) is 4.98 Å². The van der Waals surface area contributed by atoms with Gasteiger partial charge in [0.05, 0.1) is 16.6 Å². The van der Waals surface area contributed by atoms with Crippen molar-refractivity contribution in [1.82, 2.24) is 15.6 Å². The molecule has 2 heterocycles. The summed E-state index contributed by atoms with van der Waals surface area (Å²) >= 11 is 0. The standard InChI is InChI=1S/C34H54N4O4S/c1-29-17-20-32(21-18-29)43(40,41)42-30(2)16-14-12-10-8-6-4-3-5-7-9-11-13-15-23-36-34(39)31-19-22-33(37-28-31)38-26-24-35-25-27-38/h17-22,28,30,35H,3-16,23-27H2,1-2H3,(H,36,39). The van der Waals surface area contributed by atoms with Gasteiger partial charge >= 0.3 is 0 Å². The van der Waals surface area contributed by atoms with Crippen LogP contribution in [0.4, 0.5) is 5.82 Å². The van der Waals surface area contributed by atoms with Gasteiger partial charge in [0.1, 0.15) is 5.82 Å². The van der Waals surface area contributed by atoms with Gasteiger partial charge in [-0.1, -0.05) is 94.7 Å². The lowest BCUT2D eigenvalue weighted by Crippen LogP contribution is -2.43. The Hall–Kier alpha value is -2.49. The van der Waals surface area contributed by atoms with Crippen LogP contribution in [0.25, 0.3) is 0 Å². The Kier molecular flexibility index (Phi) is 16.0. The minimum atomic E-state index is -3.68. The predicted molar refractivity (Wildman–Crippen MR) is 175 cm³/mol. The Bertz CT molecular complexity index is 1150. The number of hydrogen-bond donors (Lipinski definition) is 2. The predicted octanol–water partition coefficient (Wildman–Crippen LogP) is 6.78. The maximum absolute atomic E-state index is 12.4. The minimum Gasteiger partial charge on any atom is -0.354 e. The Morgan fingerprint density at radius 2 is 1.42 bits per heavy atom. The summed E-state index contributed by atoms with van der Waals surface area (Å²) in [5.41, 5.74) is 1.66. The number of carbonyl (C=O) groups is 1. The number of aromatic nitrogens is 1. The molecule has 0 aliphatic carbocycles. The average Bonchev–Trinajstić information content (AvgIpc) is 3.01. The second-order valence-electron chi connectivity index (χ2n) is 12.0. The maximum Gasteiger partial charge on any atom is 0.297 e. The molecule has 0 bridgehead atoms. The highest BCUT2D eigenvalue weighted by Crippen LogP contribution is 2.19. The fourth-order valence-electron chi connectivity index (χ4n) is 5.43. The molecule has 1 amide bonds. The molecule has 3 rings (SSSR count). The summed E-state index contributed by atoms with van der Waals surface area (Å²) < 4.78 is 30.2. The molecule has 2 N–H and O–H groups in total. The molecule has 1 aliphatic heterocycles. The van der Waals surface area contributed by atoms with Crippen molar-refractivity contribution in [1.29, 1.82) is 0 Å². The van der Waals surface area contributed by atoms with Crippen molar-refractivity contribution in [3.8, 4) is 0 Å². The second kappa shape index (κ2) is 19.7. The van der Waals surface area contributed by atoms with Crippen LogP contribution in [-0.4, -0.2) is 58.1 Å². The number of benzene rings is 1. The normalized spacial score (nSPS) is 14.5. The highest BCUT2D eigenvalue weighted by Gasteiger charge is 2.18. The Morgan fingerprint density at radius 1 is 0.860 bits per heavy atom. The van der Waals surface area contributed by atoms with E-state index in [1.807, 2.05) is 26.0 Å². The molecule has 240 valence electrons. The summed E-state index contributed by atoms with van der Waals surface area (Å²) in [6, 6.07) is 10.6. The van der Waals surface area contributed by atoms with Crippen LogP contribution in [-0.2, 0) is 14.3 Å². The van der Waals surface area contributed by atoms with Crippen molar-refractivity contribution in [3.05, 3.63) is 53.7 Å². The molecule has 0 spiro atoms. The minimum absolute atomic E-state index is 0.0349. The first kappa shape index (κ1) is 35.0. The fourth-order valence-corrected chi connectivity index (χ4v) is 6.54. The Balaban J connectivity index is 1.07. The number of rotatable bonds is 21. The third-order valence-corrected chi connectivity index (χ3v) is 9.56.